The van der Waals surface area contributed by atoms with Gasteiger partial charge in [0.2, 0.25) is 0 Å². The van der Waals surface area contributed by atoms with Crippen molar-refractivity contribution in [2.45, 2.75) is 19.3 Å². The Morgan fingerprint density at radius 3 is 2.82 bits per heavy atom. The highest BCUT2D eigenvalue weighted by Crippen LogP contribution is 2.48. The highest BCUT2D eigenvalue weighted by molar-refractivity contribution is 5.45. The minimum absolute atomic E-state index is 0.400. The molecule has 1 aliphatic rings. The zero-order valence-electron chi connectivity index (χ0n) is 10.1. The maximum absolute atomic E-state index is 5.29. The lowest BCUT2D eigenvalue weighted by Gasteiger charge is -2.15. The zero-order valence-corrected chi connectivity index (χ0v) is 10.1. The van der Waals surface area contributed by atoms with Gasteiger partial charge in [-0.1, -0.05) is 0 Å². The lowest BCUT2D eigenvalue weighted by Crippen LogP contribution is -2.18. The Morgan fingerprint density at radius 1 is 1.41 bits per heavy atom. The predicted octanol–water partition coefficient (Wildman–Crippen LogP) is 0.991. The molecular weight excluding hydrogens is 218 g/mol. The third-order valence-corrected chi connectivity index (χ3v) is 3.25. The number of ether oxygens (including phenoxy) is 1. The Morgan fingerprint density at radius 2 is 2.18 bits per heavy atom. The first-order valence-electron chi connectivity index (χ1n) is 5.79. The lowest BCUT2D eigenvalue weighted by molar-refractivity contribution is 0.175. The molecule has 1 saturated carbocycles. The summed E-state index contributed by atoms with van der Waals surface area (Å²) in [5.41, 5.74) is 2.90. The first-order chi connectivity index (χ1) is 8.28. The number of aromatic nitrogens is 2. The molecule has 1 aliphatic carbocycles. The van der Waals surface area contributed by atoms with Gasteiger partial charge in [-0.3, -0.25) is 0 Å². The number of nitrogen functional groups attached to an aromatic ring is 1. The maximum Gasteiger partial charge on any atom is 0.145 e. The Labute approximate surface area is 101 Å². The molecule has 1 aromatic rings. The topological polar surface area (TPSA) is 85.1 Å². The second-order valence-corrected chi connectivity index (χ2v) is 4.53. The molecule has 1 aromatic heterocycles. The average Bonchev–Trinajstić information content (AvgIpc) is 3.15. The molecule has 4 N–H and O–H groups in total. The Balaban J connectivity index is 1.85. The summed E-state index contributed by atoms with van der Waals surface area (Å²) in [5.74, 6) is 6.71. The van der Waals surface area contributed by atoms with Crippen LogP contribution in [-0.4, -0.2) is 30.2 Å². The van der Waals surface area contributed by atoms with E-state index in [4.69, 9.17) is 10.6 Å². The smallest absolute Gasteiger partial charge is 0.145 e. The summed E-state index contributed by atoms with van der Waals surface area (Å²) in [5, 5.41) is 3.33. The summed E-state index contributed by atoms with van der Waals surface area (Å²) >= 11 is 0. The second-order valence-electron chi connectivity index (χ2n) is 4.53. The van der Waals surface area contributed by atoms with Crippen molar-refractivity contribution in [2.24, 2.45) is 11.3 Å². The summed E-state index contributed by atoms with van der Waals surface area (Å²) in [7, 11) is 1.74. The number of nitrogens with one attached hydrogen (secondary N) is 2. The number of nitrogens with zero attached hydrogens (tertiary/aromatic N) is 2. The van der Waals surface area contributed by atoms with Gasteiger partial charge in [-0.15, -0.1) is 0 Å². The second kappa shape index (κ2) is 5.29. The largest absolute Gasteiger partial charge is 0.385 e. The van der Waals surface area contributed by atoms with Gasteiger partial charge in [-0.25, -0.2) is 15.8 Å². The fraction of sp³-hybridized carbons (Fsp3) is 0.636. The van der Waals surface area contributed by atoms with Crippen LogP contribution in [0.3, 0.4) is 0 Å². The molecule has 0 bridgehead atoms. The van der Waals surface area contributed by atoms with Crippen molar-refractivity contribution in [3.8, 4) is 0 Å². The standard InChI is InChI=1S/C11H19N5O/c1-17-5-4-11(2-3-11)7-13-9-6-10(16-12)15-8-14-9/h6,8H,2-5,7,12H2,1H3,(H2,13,14,15,16). The Bertz CT molecular complexity index is 367. The van der Waals surface area contributed by atoms with Crippen molar-refractivity contribution in [2.75, 3.05) is 31.0 Å². The van der Waals surface area contributed by atoms with E-state index in [-0.39, 0.29) is 0 Å². The van der Waals surface area contributed by atoms with E-state index >= 15 is 0 Å². The highest BCUT2D eigenvalue weighted by atomic mass is 16.5. The molecule has 0 saturated heterocycles. The van der Waals surface area contributed by atoms with Crippen LogP contribution >= 0.6 is 0 Å². The number of hydrazine groups is 1. The average molecular weight is 237 g/mol. The molecule has 94 valence electrons. The van der Waals surface area contributed by atoms with E-state index in [9.17, 15) is 0 Å². The minimum atomic E-state index is 0.400. The summed E-state index contributed by atoms with van der Waals surface area (Å²) in [6.07, 6.45) is 5.11. The van der Waals surface area contributed by atoms with Gasteiger partial charge in [0.1, 0.15) is 18.0 Å². The molecule has 0 radical (unpaired) electrons. The quantitative estimate of drug-likeness (QED) is 0.484. The number of rotatable bonds is 7. The van der Waals surface area contributed by atoms with E-state index in [1.165, 1.54) is 19.2 Å². The normalized spacial score (nSPS) is 16.6. The maximum atomic E-state index is 5.29. The third kappa shape index (κ3) is 3.28. The Kier molecular flexibility index (Phi) is 3.75. The molecule has 6 nitrogen and oxygen atoms in total. The van der Waals surface area contributed by atoms with Crippen LogP contribution in [0, 0.1) is 5.41 Å². The highest BCUT2D eigenvalue weighted by Gasteiger charge is 2.41. The number of methoxy groups -OCH3 is 1. The lowest BCUT2D eigenvalue weighted by atomic mass is 10.0. The summed E-state index contributed by atoms with van der Waals surface area (Å²) < 4.78 is 5.13. The minimum Gasteiger partial charge on any atom is -0.385 e. The first kappa shape index (κ1) is 12.1. The van der Waals surface area contributed by atoms with Gasteiger partial charge < -0.3 is 15.5 Å². The van der Waals surface area contributed by atoms with E-state index in [1.54, 1.807) is 13.2 Å². The molecule has 0 spiro atoms. The van der Waals surface area contributed by atoms with Crippen LogP contribution in [0.5, 0.6) is 0 Å². The summed E-state index contributed by atoms with van der Waals surface area (Å²) in [4.78, 5) is 8.11. The van der Waals surface area contributed by atoms with Gasteiger partial charge in [0, 0.05) is 26.3 Å². The van der Waals surface area contributed by atoms with Crippen LogP contribution in [0.4, 0.5) is 11.6 Å². The monoisotopic (exact) mass is 237 g/mol. The molecule has 0 aliphatic heterocycles. The number of hydrogen-bond donors (Lipinski definition) is 3. The van der Waals surface area contributed by atoms with Crippen LogP contribution in [0.1, 0.15) is 19.3 Å². The molecule has 2 rings (SSSR count). The van der Waals surface area contributed by atoms with Crippen molar-refractivity contribution in [1.82, 2.24) is 9.97 Å². The van der Waals surface area contributed by atoms with E-state index in [2.05, 4.69) is 20.7 Å². The third-order valence-electron chi connectivity index (χ3n) is 3.25. The van der Waals surface area contributed by atoms with Gasteiger partial charge >= 0.3 is 0 Å². The summed E-state index contributed by atoms with van der Waals surface area (Å²) in [6, 6.07) is 1.80. The van der Waals surface area contributed by atoms with Gasteiger partial charge in [0.05, 0.1) is 0 Å². The fourth-order valence-electron chi connectivity index (χ4n) is 1.82. The molecule has 0 atom stereocenters. The molecule has 0 unspecified atom stereocenters. The van der Waals surface area contributed by atoms with Crippen LogP contribution in [0.25, 0.3) is 0 Å². The first-order valence-corrected chi connectivity index (χ1v) is 5.79. The molecule has 1 fully saturated rings. The van der Waals surface area contributed by atoms with Crippen LogP contribution in [-0.2, 0) is 4.74 Å². The van der Waals surface area contributed by atoms with Gasteiger partial charge in [0.15, 0.2) is 0 Å². The van der Waals surface area contributed by atoms with E-state index in [0.717, 1.165) is 25.4 Å². The molecule has 0 amide bonds. The summed E-state index contributed by atoms with van der Waals surface area (Å²) in [6.45, 7) is 1.75. The molecule has 17 heavy (non-hydrogen) atoms. The van der Waals surface area contributed by atoms with Crippen molar-refractivity contribution >= 4 is 11.6 Å². The van der Waals surface area contributed by atoms with E-state index in [1.807, 2.05) is 0 Å². The van der Waals surface area contributed by atoms with Gasteiger partial charge in [-0.05, 0) is 24.7 Å². The van der Waals surface area contributed by atoms with Crippen LogP contribution < -0.4 is 16.6 Å². The molecule has 6 heteroatoms. The molecule has 0 aromatic carbocycles. The van der Waals surface area contributed by atoms with E-state index < -0.39 is 0 Å². The number of anilines is 2. The molecule has 1 heterocycles. The van der Waals surface area contributed by atoms with Crippen molar-refractivity contribution in [1.29, 1.82) is 0 Å². The molecular formula is C11H19N5O. The van der Waals surface area contributed by atoms with E-state index in [0.29, 0.717) is 11.2 Å². The predicted molar refractivity (Wildman–Crippen MR) is 66.5 cm³/mol. The van der Waals surface area contributed by atoms with Gasteiger partial charge in [-0.2, -0.15) is 0 Å². The number of hydrogen-bond acceptors (Lipinski definition) is 6. The Hall–Kier alpha value is -1.40. The van der Waals surface area contributed by atoms with Crippen LogP contribution in [0.15, 0.2) is 12.4 Å². The van der Waals surface area contributed by atoms with Crippen molar-refractivity contribution in [3.05, 3.63) is 12.4 Å². The van der Waals surface area contributed by atoms with Crippen molar-refractivity contribution in [3.63, 3.8) is 0 Å². The van der Waals surface area contributed by atoms with Crippen LogP contribution in [0.2, 0.25) is 0 Å². The fourth-order valence-corrected chi connectivity index (χ4v) is 1.82. The number of nitrogens with two attached hydrogens (primary N) is 1. The zero-order chi connectivity index (χ0) is 12.1. The SMILES string of the molecule is COCCC1(CNc2cc(NN)ncn2)CC1. The van der Waals surface area contributed by atoms with Crippen molar-refractivity contribution < 1.29 is 4.74 Å². The van der Waals surface area contributed by atoms with Gasteiger partial charge in [0.25, 0.3) is 0 Å².